The molecule has 0 aliphatic carbocycles. The topological polar surface area (TPSA) is 91.7 Å². The Morgan fingerprint density at radius 3 is 2.00 bits per heavy atom. The molecule has 0 radical (unpaired) electrons. The number of carbonyl (C=O) groups is 3. The van der Waals surface area contributed by atoms with E-state index in [1.165, 1.54) is 0 Å². The monoisotopic (exact) mass is 150 g/mol. The van der Waals surface area contributed by atoms with Crippen molar-refractivity contribution in [2.75, 3.05) is 0 Å². The van der Waals surface area contributed by atoms with Crippen molar-refractivity contribution in [2.24, 2.45) is 0 Å². The van der Waals surface area contributed by atoms with Gasteiger partial charge >= 0.3 is 11.9 Å². The molecule has 0 bridgehead atoms. The molecule has 0 aliphatic heterocycles. The van der Waals surface area contributed by atoms with E-state index in [-0.39, 0.29) is 0 Å². The number of hydrogen-bond donors (Lipinski definition) is 2. The Bertz CT molecular complexity index is 296. The van der Waals surface area contributed by atoms with E-state index >= 15 is 0 Å². The van der Waals surface area contributed by atoms with Gasteiger partial charge in [0.1, 0.15) is 0 Å². The van der Waals surface area contributed by atoms with Gasteiger partial charge in [-0.3, -0.25) is 9.59 Å². The van der Waals surface area contributed by atoms with Crippen molar-refractivity contribution in [3.8, 4) is 0 Å². The molecular weight excluding hydrogens is 140 g/mol. The number of rotatable bonds is 4. The number of aliphatic carboxylic acids is 2. The predicted octanol–water partition coefficient (Wildman–Crippen LogP) is -0.495. The fourth-order valence-electron chi connectivity index (χ4n) is 0.164. The lowest BCUT2D eigenvalue weighted by Gasteiger charge is -1.88. The fraction of sp³-hybridized carbons (Fsp3) is 0.400. The van der Waals surface area contributed by atoms with Crippen LogP contribution in [0.15, 0.2) is 0 Å². The molecule has 0 aromatic heterocycles. The zero-order chi connectivity index (χ0) is 11.7. The average molecular weight is 150 g/mol. The maximum atomic E-state index is 10.6. The van der Waals surface area contributed by atoms with Crippen molar-refractivity contribution in [3.63, 3.8) is 0 Å². The van der Waals surface area contributed by atoms with Crippen LogP contribution in [0.1, 0.15) is 18.2 Å². The largest absolute Gasteiger partial charge is 0.481 e. The van der Waals surface area contributed by atoms with Gasteiger partial charge in [0.15, 0.2) is 0 Å². The van der Waals surface area contributed by atoms with Crippen LogP contribution < -0.4 is 0 Å². The van der Waals surface area contributed by atoms with Gasteiger partial charge in [-0.25, -0.2) is 4.79 Å². The second-order valence-corrected chi connectivity index (χ2v) is 1.19. The summed E-state index contributed by atoms with van der Waals surface area (Å²) in [5, 5.41) is 16.4. The number of Topliss-reactive ketones (excluding diaryl/α,β-unsaturated/α-hetero) is 1. The van der Waals surface area contributed by atoms with Crippen LogP contribution in [-0.4, -0.2) is 27.9 Å². The first-order valence-corrected chi connectivity index (χ1v) is 2.06. The Morgan fingerprint density at radius 1 is 1.20 bits per heavy atom. The minimum absolute atomic E-state index is 2.13. The second kappa shape index (κ2) is 3.60. The van der Waals surface area contributed by atoms with E-state index in [1.54, 1.807) is 0 Å². The summed E-state index contributed by atoms with van der Waals surface area (Å²) in [5.74, 6) is -6.60. The normalized spacial score (nSPS) is 17.6. The molecule has 0 saturated heterocycles. The highest BCUT2D eigenvalue weighted by Gasteiger charge is 2.12. The van der Waals surface area contributed by atoms with Gasteiger partial charge in [-0.1, -0.05) is 0 Å². The first kappa shape index (κ1) is 3.70. The average Bonchev–Trinajstić information content (AvgIpc) is 2.01. The molecule has 0 aliphatic rings. The van der Waals surface area contributed by atoms with Crippen molar-refractivity contribution in [1.29, 1.82) is 0 Å². The molecule has 0 rings (SSSR count). The third-order valence-electron chi connectivity index (χ3n) is 0.477. The number of carboxylic acid groups (broad SMARTS) is 2. The summed E-state index contributed by atoms with van der Waals surface area (Å²) in [4.78, 5) is 30.9. The molecule has 0 aromatic carbocycles. The quantitative estimate of drug-likeness (QED) is 0.527. The lowest BCUT2D eigenvalue weighted by Crippen LogP contribution is -2.13. The van der Waals surface area contributed by atoms with E-state index in [9.17, 15) is 14.4 Å². The number of carbonyl (C=O) groups excluding carboxylic acids is 1. The molecule has 0 amide bonds. The Labute approximate surface area is 61.9 Å². The molecule has 10 heavy (non-hydrogen) atoms. The predicted molar refractivity (Wildman–Crippen MR) is 29.5 cm³/mol. The Morgan fingerprint density at radius 2 is 1.70 bits per heavy atom. The van der Waals surface area contributed by atoms with E-state index in [0.29, 0.717) is 0 Å². The van der Waals surface area contributed by atoms with Crippen molar-refractivity contribution < 1.29 is 30.1 Å². The van der Waals surface area contributed by atoms with E-state index in [1.807, 2.05) is 0 Å². The smallest absolute Gasteiger partial charge is 0.372 e. The Hall–Kier alpha value is -1.39. The van der Waals surface area contributed by atoms with Crippen molar-refractivity contribution in [1.82, 2.24) is 0 Å². The number of hydrogen-bond acceptors (Lipinski definition) is 3. The van der Waals surface area contributed by atoms with Gasteiger partial charge in [-0.15, -0.1) is 0 Å². The highest BCUT2D eigenvalue weighted by atomic mass is 16.4. The number of ketones is 1. The molecule has 0 saturated carbocycles. The van der Waals surface area contributed by atoms with Crippen LogP contribution in [-0.2, 0) is 14.4 Å². The van der Waals surface area contributed by atoms with Gasteiger partial charge in [0, 0.05) is 11.9 Å². The van der Waals surface area contributed by atoms with Crippen molar-refractivity contribution >= 4 is 17.7 Å². The summed E-state index contributed by atoms with van der Waals surface area (Å²) in [6, 6.07) is 0. The number of carboxylic acids is 2. The van der Waals surface area contributed by atoms with Crippen LogP contribution >= 0.6 is 0 Å². The minimum atomic E-state index is -3.61. The Kier molecular flexibility index (Phi) is 1.33. The van der Waals surface area contributed by atoms with Gasteiger partial charge in [0.25, 0.3) is 0 Å². The molecule has 56 valence electrons. The third kappa shape index (κ3) is 3.59. The first-order valence-electron chi connectivity index (χ1n) is 4.06. The van der Waals surface area contributed by atoms with Crippen LogP contribution in [0.25, 0.3) is 0 Å². The van der Waals surface area contributed by atoms with Gasteiger partial charge < -0.3 is 10.2 Å². The molecule has 0 heterocycles. The summed E-state index contributed by atoms with van der Waals surface area (Å²) in [5.41, 5.74) is 0. The highest BCUT2D eigenvalue weighted by Crippen LogP contribution is 1.89. The van der Waals surface area contributed by atoms with Crippen LogP contribution in [0.3, 0.4) is 0 Å². The van der Waals surface area contributed by atoms with Gasteiger partial charge in [0.05, 0.1) is 6.37 Å². The molecule has 0 aromatic rings. The lowest BCUT2D eigenvalue weighted by molar-refractivity contribution is -0.149. The molecule has 5 nitrogen and oxygen atoms in total. The summed E-state index contributed by atoms with van der Waals surface area (Å²) in [7, 11) is 0. The van der Waals surface area contributed by atoms with E-state index < -0.39 is 30.5 Å². The van der Waals surface area contributed by atoms with Crippen molar-refractivity contribution in [2.45, 2.75) is 12.7 Å². The molecule has 2 N–H and O–H groups in total. The standard InChI is InChI=1S/C5H6O5/c6-3(5(9)10)1-2-4(7)8/h1-2H2,(H,7,8)(H,9,10)/i1D2,2D2. The first-order chi connectivity index (χ1) is 6.05. The van der Waals surface area contributed by atoms with Crippen LogP contribution in [0.4, 0.5) is 0 Å². The molecule has 0 unspecified atom stereocenters. The molecule has 0 atom stereocenters. The van der Waals surface area contributed by atoms with Gasteiger partial charge in [0.2, 0.25) is 5.78 Å². The molecule has 0 fully saturated rings. The van der Waals surface area contributed by atoms with Crippen LogP contribution in [0, 0.1) is 0 Å². The summed E-state index contributed by atoms with van der Waals surface area (Å²) >= 11 is 0. The van der Waals surface area contributed by atoms with Crippen LogP contribution in [0.5, 0.6) is 0 Å². The zero-order valence-corrected chi connectivity index (χ0v) is 4.62. The van der Waals surface area contributed by atoms with E-state index in [0.717, 1.165) is 0 Å². The highest BCUT2D eigenvalue weighted by molar-refractivity contribution is 6.32. The third-order valence-corrected chi connectivity index (χ3v) is 0.477. The van der Waals surface area contributed by atoms with E-state index in [4.69, 9.17) is 15.7 Å². The van der Waals surface area contributed by atoms with Gasteiger partial charge in [-0.05, 0) is 0 Å². The summed E-state index contributed by atoms with van der Waals surface area (Å²) < 4.78 is 27.0. The zero-order valence-electron chi connectivity index (χ0n) is 8.62. The molecular formula is C5H6O5. The SMILES string of the molecule is [2H]C([2H])(C(=O)O)C([2H])([2H])C(=O)C(=O)O. The summed E-state index contributed by atoms with van der Waals surface area (Å²) in [6.45, 7) is 0. The summed E-state index contributed by atoms with van der Waals surface area (Å²) in [6.07, 6.45) is -7.19. The lowest BCUT2D eigenvalue weighted by atomic mass is 10.2. The molecule has 0 spiro atoms. The Balaban J connectivity index is 5.24. The fourth-order valence-corrected chi connectivity index (χ4v) is 0.164. The maximum absolute atomic E-state index is 10.6. The van der Waals surface area contributed by atoms with E-state index in [2.05, 4.69) is 0 Å². The van der Waals surface area contributed by atoms with Crippen molar-refractivity contribution in [3.05, 3.63) is 0 Å². The maximum Gasteiger partial charge on any atom is 0.372 e. The molecule has 5 heteroatoms. The second-order valence-electron chi connectivity index (χ2n) is 1.19. The minimum Gasteiger partial charge on any atom is -0.481 e. The van der Waals surface area contributed by atoms with Crippen LogP contribution in [0.2, 0.25) is 0 Å². The van der Waals surface area contributed by atoms with Gasteiger partial charge in [-0.2, -0.15) is 0 Å².